The zero-order valence-electron chi connectivity index (χ0n) is 14.8. The van der Waals surface area contributed by atoms with E-state index in [4.69, 9.17) is 4.74 Å². The van der Waals surface area contributed by atoms with Gasteiger partial charge in [0.15, 0.2) is 5.65 Å². The van der Waals surface area contributed by atoms with Crippen LogP contribution >= 0.6 is 0 Å². The summed E-state index contributed by atoms with van der Waals surface area (Å²) < 4.78 is 5.85. The van der Waals surface area contributed by atoms with Crippen molar-refractivity contribution in [2.45, 2.75) is 13.1 Å². The molecule has 0 unspecified atom stereocenters. The Hall–Kier alpha value is -2.97. The number of fused-ring (bicyclic) bond motifs is 1. The average Bonchev–Trinajstić information content (AvgIpc) is 2.71. The van der Waals surface area contributed by atoms with Crippen molar-refractivity contribution in [1.29, 1.82) is 0 Å². The Bertz CT molecular complexity index is 998. The Balaban J connectivity index is 1.51. The maximum absolute atomic E-state index is 11.8. The van der Waals surface area contributed by atoms with Crippen LogP contribution < -0.4 is 11.0 Å². The number of nitrogens with zero attached hydrogens (tertiary/aromatic N) is 4. The molecule has 0 saturated carbocycles. The summed E-state index contributed by atoms with van der Waals surface area (Å²) in [5.41, 5.74) is 1.75. The Morgan fingerprint density at radius 2 is 1.96 bits per heavy atom. The second-order valence-electron chi connectivity index (χ2n) is 6.49. The first kappa shape index (κ1) is 17.4. The summed E-state index contributed by atoms with van der Waals surface area (Å²) in [4.78, 5) is 22.2. The molecule has 2 aromatic heterocycles. The summed E-state index contributed by atoms with van der Waals surface area (Å²) in [6.07, 6.45) is 1.52. The van der Waals surface area contributed by atoms with E-state index in [1.165, 1.54) is 11.8 Å². The monoisotopic (exact) mass is 367 g/mol. The maximum Gasteiger partial charge on any atom is 0.384 e. The number of rotatable bonds is 5. The predicted octanol–water partition coefficient (Wildman–Crippen LogP) is 1.47. The third-order valence-electron chi connectivity index (χ3n) is 4.59. The van der Waals surface area contributed by atoms with E-state index in [1.54, 1.807) is 12.1 Å². The summed E-state index contributed by atoms with van der Waals surface area (Å²) in [5.74, 6) is 0.409. The van der Waals surface area contributed by atoms with Gasteiger partial charge in [0.1, 0.15) is 5.82 Å². The molecule has 0 radical (unpaired) electrons. The highest BCUT2D eigenvalue weighted by molar-refractivity contribution is 5.86. The smallest absolute Gasteiger partial charge is 0.384 e. The number of hydrogen-bond acceptors (Lipinski definition) is 7. The van der Waals surface area contributed by atoms with Crippen molar-refractivity contribution in [3.8, 4) is 0 Å². The molecule has 4 rings (SSSR count). The molecular formula is C19H21N5O3. The number of benzene rings is 1. The van der Waals surface area contributed by atoms with Gasteiger partial charge in [0.25, 0.3) is 0 Å². The van der Waals surface area contributed by atoms with E-state index in [0.29, 0.717) is 22.5 Å². The lowest BCUT2D eigenvalue weighted by Crippen LogP contribution is -2.35. The second-order valence-corrected chi connectivity index (χ2v) is 6.49. The fourth-order valence-electron chi connectivity index (χ4n) is 3.22. The first-order valence-corrected chi connectivity index (χ1v) is 8.89. The molecule has 140 valence electrons. The number of ether oxygens (including phenoxy) is 1. The fraction of sp³-hybridized carbons (Fsp3) is 0.316. The van der Waals surface area contributed by atoms with E-state index in [2.05, 4.69) is 32.3 Å². The van der Waals surface area contributed by atoms with Crippen LogP contribution in [0.4, 0.5) is 5.82 Å². The van der Waals surface area contributed by atoms with Crippen LogP contribution in [-0.4, -0.2) is 51.1 Å². The van der Waals surface area contributed by atoms with Crippen LogP contribution in [0, 0.1) is 0 Å². The molecule has 0 atom stereocenters. The average molecular weight is 367 g/mol. The number of aromatic nitrogens is 3. The molecule has 27 heavy (non-hydrogen) atoms. The largest absolute Gasteiger partial charge is 0.422 e. The van der Waals surface area contributed by atoms with E-state index in [9.17, 15) is 10.0 Å². The van der Waals surface area contributed by atoms with Gasteiger partial charge in [-0.15, -0.1) is 4.73 Å². The van der Waals surface area contributed by atoms with Gasteiger partial charge in [-0.25, -0.2) is 9.78 Å². The van der Waals surface area contributed by atoms with Gasteiger partial charge in [-0.2, -0.15) is 4.98 Å². The van der Waals surface area contributed by atoms with E-state index in [-0.39, 0.29) is 5.65 Å². The molecule has 0 amide bonds. The molecular weight excluding hydrogens is 346 g/mol. The second kappa shape index (κ2) is 7.73. The highest BCUT2D eigenvalue weighted by Crippen LogP contribution is 2.18. The molecule has 8 heteroatoms. The highest BCUT2D eigenvalue weighted by atomic mass is 16.5. The zero-order valence-corrected chi connectivity index (χ0v) is 14.8. The maximum atomic E-state index is 11.8. The standard InChI is InChI=1S/C19H21N5O3/c25-19-22-17(16-5-2-6-20-18(16)24(19)26)21-12-14-3-1-4-15(11-14)13-23-7-9-27-10-8-23/h1-6,11,26H,7-10,12-13H2,(H,21,22,25). The van der Waals surface area contributed by atoms with Crippen molar-refractivity contribution in [3.05, 3.63) is 64.2 Å². The molecule has 2 N–H and O–H groups in total. The molecule has 1 saturated heterocycles. The third kappa shape index (κ3) is 3.91. The number of hydrogen-bond donors (Lipinski definition) is 2. The minimum Gasteiger partial charge on any atom is -0.422 e. The molecule has 1 aromatic carbocycles. The third-order valence-corrected chi connectivity index (χ3v) is 4.59. The van der Waals surface area contributed by atoms with E-state index in [0.717, 1.165) is 38.4 Å². The molecule has 3 heterocycles. The minimum atomic E-state index is -0.759. The molecule has 3 aromatic rings. The van der Waals surface area contributed by atoms with Gasteiger partial charge >= 0.3 is 5.69 Å². The van der Waals surface area contributed by atoms with Crippen LogP contribution in [0.1, 0.15) is 11.1 Å². The highest BCUT2D eigenvalue weighted by Gasteiger charge is 2.12. The number of morpholine rings is 1. The first-order chi connectivity index (χ1) is 13.2. The Labute approximate surface area is 156 Å². The fourth-order valence-corrected chi connectivity index (χ4v) is 3.22. The SMILES string of the molecule is O=c1nc(NCc2cccc(CN3CCOCC3)c2)c2cccnc2n1O. The van der Waals surface area contributed by atoms with E-state index >= 15 is 0 Å². The zero-order chi connectivity index (χ0) is 18.6. The predicted molar refractivity (Wildman–Crippen MR) is 101 cm³/mol. The van der Waals surface area contributed by atoms with Crippen LogP contribution in [0.3, 0.4) is 0 Å². The molecule has 0 bridgehead atoms. The lowest BCUT2D eigenvalue weighted by Gasteiger charge is -2.26. The van der Waals surface area contributed by atoms with Crippen molar-refractivity contribution in [1.82, 2.24) is 19.6 Å². The van der Waals surface area contributed by atoms with Crippen LogP contribution in [-0.2, 0) is 17.8 Å². The topological polar surface area (TPSA) is 92.5 Å². The lowest BCUT2D eigenvalue weighted by atomic mass is 10.1. The van der Waals surface area contributed by atoms with Crippen LogP contribution in [0.15, 0.2) is 47.4 Å². The Morgan fingerprint density at radius 3 is 2.81 bits per heavy atom. The van der Waals surface area contributed by atoms with Gasteiger partial charge < -0.3 is 15.3 Å². The summed E-state index contributed by atoms with van der Waals surface area (Å²) in [6, 6.07) is 11.8. The molecule has 1 aliphatic heterocycles. The van der Waals surface area contributed by atoms with Gasteiger partial charge in [-0.1, -0.05) is 24.3 Å². The van der Waals surface area contributed by atoms with Crippen LogP contribution in [0.25, 0.3) is 11.0 Å². The lowest BCUT2D eigenvalue weighted by molar-refractivity contribution is 0.0342. The number of anilines is 1. The van der Waals surface area contributed by atoms with Gasteiger partial charge in [-0.3, -0.25) is 4.90 Å². The van der Waals surface area contributed by atoms with Crippen molar-refractivity contribution in [3.63, 3.8) is 0 Å². The van der Waals surface area contributed by atoms with Gasteiger partial charge in [0.2, 0.25) is 0 Å². The van der Waals surface area contributed by atoms with Crippen LogP contribution in [0.2, 0.25) is 0 Å². The Kier molecular flexibility index (Phi) is 4.99. The van der Waals surface area contributed by atoms with E-state index < -0.39 is 5.69 Å². The summed E-state index contributed by atoms with van der Waals surface area (Å²) in [5, 5.41) is 13.6. The summed E-state index contributed by atoms with van der Waals surface area (Å²) >= 11 is 0. The van der Waals surface area contributed by atoms with Gasteiger partial charge in [0.05, 0.1) is 18.6 Å². The van der Waals surface area contributed by atoms with Gasteiger partial charge in [0, 0.05) is 32.4 Å². The number of pyridine rings is 1. The van der Waals surface area contributed by atoms with E-state index in [1.807, 2.05) is 12.1 Å². The first-order valence-electron chi connectivity index (χ1n) is 8.89. The Morgan fingerprint density at radius 1 is 1.15 bits per heavy atom. The molecule has 0 aliphatic carbocycles. The summed E-state index contributed by atoms with van der Waals surface area (Å²) in [7, 11) is 0. The van der Waals surface area contributed by atoms with Crippen LogP contribution in [0.5, 0.6) is 0 Å². The molecule has 0 spiro atoms. The van der Waals surface area contributed by atoms with Crippen molar-refractivity contribution < 1.29 is 9.94 Å². The quantitative estimate of drug-likeness (QED) is 0.660. The van der Waals surface area contributed by atoms with Crippen molar-refractivity contribution in [2.75, 3.05) is 31.6 Å². The summed E-state index contributed by atoms with van der Waals surface area (Å²) in [6.45, 7) is 4.87. The normalized spacial score (nSPS) is 15.1. The van der Waals surface area contributed by atoms with Crippen molar-refractivity contribution >= 4 is 16.9 Å². The number of nitrogens with one attached hydrogen (secondary N) is 1. The molecule has 8 nitrogen and oxygen atoms in total. The van der Waals surface area contributed by atoms with Gasteiger partial charge in [-0.05, 0) is 23.3 Å². The minimum absolute atomic E-state index is 0.182. The molecule has 1 aliphatic rings. The van der Waals surface area contributed by atoms with Crippen molar-refractivity contribution in [2.24, 2.45) is 0 Å². The molecule has 1 fully saturated rings.